The van der Waals surface area contributed by atoms with Crippen LogP contribution >= 0.6 is 0 Å². The summed E-state index contributed by atoms with van der Waals surface area (Å²) in [5.41, 5.74) is 1.31. The maximum absolute atomic E-state index is 12.3. The number of hydrogen-bond acceptors (Lipinski definition) is 4. The maximum atomic E-state index is 12.3. The number of carbonyl (C=O) groups is 1. The second-order valence-electron chi connectivity index (χ2n) is 4.77. The zero-order chi connectivity index (χ0) is 15.4. The highest BCUT2D eigenvalue weighted by atomic mass is 16.6. The molecule has 0 atom stereocenters. The van der Waals surface area contributed by atoms with E-state index in [9.17, 15) is 10.1 Å². The Morgan fingerprint density at radius 2 is 1.77 bits per heavy atom. The van der Waals surface area contributed by atoms with Crippen LogP contribution in [0.2, 0.25) is 0 Å². The topological polar surface area (TPSA) is 59.3 Å². The third kappa shape index (κ3) is 2.84. The molecule has 0 amide bonds. The lowest BCUT2D eigenvalue weighted by atomic mass is 10.0. The highest BCUT2D eigenvalue weighted by molar-refractivity contribution is 6.14. The molecule has 2 aromatic rings. The summed E-state index contributed by atoms with van der Waals surface area (Å²) in [5, 5.41) is 9.26. The van der Waals surface area contributed by atoms with Crippen molar-refractivity contribution in [2.45, 2.75) is 0 Å². The van der Waals surface area contributed by atoms with Crippen LogP contribution in [-0.4, -0.2) is 19.0 Å². The monoisotopic (exact) mass is 291 g/mol. The van der Waals surface area contributed by atoms with E-state index in [1.165, 1.54) is 0 Å². The fourth-order valence-corrected chi connectivity index (χ4v) is 2.21. The minimum Gasteiger partial charge on any atom is -0.486 e. The predicted octanol–water partition coefficient (Wildman–Crippen LogP) is 3.25. The van der Waals surface area contributed by atoms with Crippen LogP contribution in [0.5, 0.6) is 11.5 Å². The average molecular weight is 291 g/mol. The third-order valence-electron chi connectivity index (χ3n) is 3.28. The van der Waals surface area contributed by atoms with Crippen molar-refractivity contribution < 1.29 is 14.3 Å². The van der Waals surface area contributed by atoms with Crippen LogP contribution in [0.3, 0.4) is 0 Å². The first-order chi connectivity index (χ1) is 10.8. The molecule has 0 unspecified atom stereocenters. The number of rotatable bonds is 3. The summed E-state index contributed by atoms with van der Waals surface area (Å²) in [7, 11) is 0. The molecule has 0 saturated carbocycles. The molecule has 4 nitrogen and oxygen atoms in total. The Labute approximate surface area is 128 Å². The Bertz CT molecular complexity index is 773. The molecule has 0 aromatic heterocycles. The molecular formula is C18H13NO3. The Morgan fingerprint density at radius 1 is 1.05 bits per heavy atom. The van der Waals surface area contributed by atoms with E-state index in [4.69, 9.17) is 9.47 Å². The van der Waals surface area contributed by atoms with Crippen LogP contribution in [0.15, 0.2) is 54.1 Å². The molecule has 0 N–H and O–H groups in total. The highest BCUT2D eigenvalue weighted by Gasteiger charge is 2.14. The molecule has 108 valence electrons. The molecule has 0 radical (unpaired) electrons. The van der Waals surface area contributed by atoms with Crippen LogP contribution < -0.4 is 9.47 Å². The van der Waals surface area contributed by atoms with E-state index in [0.29, 0.717) is 30.3 Å². The number of Topliss-reactive ketones (excluding diaryl/α,β-unsaturated/α-hetero) is 1. The molecule has 0 bridgehead atoms. The zero-order valence-corrected chi connectivity index (χ0v) is 11.8. The summed E-state index contributed by atoms with van der Waals surface area (Å²) in [4.78, 5) is 12.3. The fraction of sp³-hybridized carbons (Fsp3) is 0.111. The number of nitriles is 1. The van der Waals surface area contributed by atoms with Gasteiger partial charge in [-0.15, -0.1) is 0 Å². The summed E-state index contributed by atoms with van der Waals surface area (Å²) in [5.74, 6) is 1.01. The lowest BCUT2D eigenvalue weighted by Gasteiger charge is -2.18. The summed E-state index contributed by atoms with van der Waals surface area (Å²) >= 11 is 0. The van der Waals surface area contributed by atoms with Gasteiger partial charge in [-0.05, 0) is 23.8 Å². The number of ether oxygens (including phenoxy) is 2. The van der Waals surface area contributed by atoms with Gasteiger partial charge in [-0.25, -0.2) is 0 Å². The van der Waals surface area contributed by atoms with Gasteiger partial charge in [-0.2, -0.15) is 5.26 Å². The van der Waals surface area contributed by atoms with Gasteiger partial charge >= 0.3 is 0 Å². The molecule has 2 aromatic carbocycles. The lowest BCUT2D eigenvalue weighted by Crippen LogP contribution is -2.15. The average Bonchev–Trinajstić information content (AvgIpc) is 2.59. The van der Waals surface area contributed by atoms with E-state index in [2.05, 4.69) is 0 Å². The molecule has 0 aliphatic carbocycles. The van der Waals surface area contributed by atoms with Gasteiger partial charge in [0.15, 0.2) is 11.5 Å². The lowest BCUT2D eigenvalue weighted by molar-refractivity contribution is 0.104. The van der Waals surface area contributed by atoms with Crippen molar-refractivity contribution >= 4 is 11.9 Å². The zero-order valence-electron chi connectivity index (χ0n) is 11.8. The van der Waals surface area contributed by atoms with Crippen molar-refractivity contribution in [3.8, 4) is 17.6 Å². The maximum Gasteiger partial charge on any atom is 0.203 e. The molecule has 3 rings (SSSR count). The third-order valence-corrected chi connectivity index (χ3v) is 3.28. The molecular weight excluding hydrogens is 278 g/mol. The van der Waals surface area contributed by atoms with Crippen molar-refractivity contribution in [2.24, 2.45) is 0 Å². The summed E-state index contributed by atoms with van der Waals surface area (Å²) in [6.45, 7) is 1.02. The minimum atomic E-state index is -0.294. The standard InChI is InChI=1S/C18H13NO3/c19-12-15(18(20)14-4-2-1-3-5-14)10-13-6-7-16-17(11-13)22-9-8-21-16/h1-7,10-11H,8-9H2/b15-10+. The molecule has 1 aliphatic heterocycles. The molecule has 0 fully saturated rings. The number of benzene rings is 2. The second kappa shape index (κ2) is 6.15. The minimum absolute atomic E-state index is 0.0860. The molecule has 0 saturated heterocycles. The van der Waals surface area contributed by atoms with Gasteiger partial charge in [0.2, 0.25) is 5.78 Å². The summed E-state index contributed by atoms with van der Waals surface area (Å²) in [6, 6.07) is 16.1. The van der Waals surface area contributed by atoms with Gasteiger partial charge < -0.3 is 9.47 Å². The molecule has 1 heterocycles. The Kier molecular flexibility index (Phi) is 3.88. The molecule has 22 heavy (non-hydrogen) atoms. The Hall–Kier alpha value is -3.06. The van der Waals surface area contributed by atoms with Gasteiger partial charge in [0, 0.05) is 5.56 Å². The van der Waals surface area contributed by atoms with Gasteiger partial charge in [0.25, 0.3) is 0 Å². The smallest absolute Gasteiger partial charge is 0.203 e. The van der Waals surface area contributed by atoms with E-state index >= 15 is 0 Å². The molecule has 0 spiro atoms. The Morgan fingerprint density at radius 3 is 2.50 bits per heavy atom. The van der Waals surface area contributed by atoms with E-state index in [1.807, 2.05) is 12.1 Å². The number of nitrogens with zero attached hydrogens (tertiary/aromatic N) is 1. The van der Waals surface area contributed by atoms with Crippen LogP contribution in [0.25, 0.3) is 6.08 Å². The number of ketones is 1. The van der Waals surface area contributed by atoms with Gasteiger partial charge in [-0.1, -0.05) is 36.4 Å². The van der Waals surface area contributed by atoms with E-state index < -0.39 is 0 Å². The van der Waals surface area contributed by atoms with E-state index in [1.54, 1.807) is 48.5 Å². The normalized spacial score (nSPS) is 13.3. The van der Waals surface area contributed by atoms with Crippen molar-refractivity contribution in [3.05, 3.63) is 65.2 Å². The SMILES string of the molecule is N#C/C(=C\c1ccc2c(c1)OCCO2)C(=O)c1ccccc1. The van der Waals surface area contributed by atoms with Crippen molar-refractivity contribution in [3.63, 3.8) is 0 Å². The number of hydrogen-bond donors (Lipinski definition) is 0. The van der Waals surface area contributed by atoms with Crippen LogP contribution in [0, 0.1) is 11.3 Å². The number of carbonyl (C=O) groups excluding carboxylic acids is 1. The van der Waals surface area contributed by atoms with E-state index in [0.717, 1.165) is 5.56 Å². The predicted molar refractivity (Wildman–Crippen MR) is 81.8 cm³/mol. The fourth-order valence-electron chi connectivity index (χ4n) is 2.21. The van der Waals surface area contributed by atoms with Crippen LogP contribution in [-0.2, 0) is 0 Å². The van der Waals surface area contributed by atoms with E-state index in [-0.39, 0.29) is 11.4 Å². The first-order valence-corrected chi connectivity index (χ1v) is 6.89. The quantitative estimate of drug-likeness (QED) is 0.495. The largest absolute Gasteiger partial charge is 0.486 e. The first-order valence-electron chi connectivity index (χ1n) is 6.89. The van der Waals surface area contributed by atoms with Crippen LogP contribution in [0.1, 0.15) is 15.9 Å². The molecule has 1 aliphatic rings. The number of allylic oxidation sites excluding steroid dienone is 1. The summed E-state index contributed by atoms with van der Waals surface area (Å²) < 4.78 is 11.0. The summed E-state index contributed by atoms with van der Waals surface area (Å²) in [6.07, 6.45) is 1.56. The van der Waals surface area contributed by atoms with Crippen molar-refractivity contribution in [1.29, 1.82) is 5.26 Å². The second-order valence-corrected chi connectivity index (χ2v) is 4.77. The first kappa shape index (κ1) is 13.9. The van der Waals surface area contributed by atoms with Crippen molar-refractivity contribution in [2.75, 3.05) is 13.2 Å². The van der Waals surface area contributed by atoms with Crippen molar-refractivity contribution in [1.82, 2.24) is 0 Å². The number of fused-ring (bicyclic) bond motifs is 1. The highest BCUT2D eigenvalue weighted by Crippen LogP contribution is 2.31. The van der Waals surface area contributed by atoms with Gasteiger partial charge in [0.05, 0.1) is 0 Å². The van der Waals surface area contributed by atoms with Gasteiger partial charge in [-0.3, -0.25) is 4.79 Å². The van der Waals surface area contributed by atoms with Crippen LogP contribution in [0.4, 0.5) is 0 Å². The Balaban J connectivity index is 1.92. The van der Waals surface area contributed by atoms with Gasteiger partial charge in [0.1, 0.15) is 24.9 Å². The molecule has 4 heteroatoms.